The summed E-state index contributed by atoms with van der Waals surface area (Å²) < 4.78 is 5.98. The molecule has 0 radical (unpaired) electrons. The highest BCUT2D eigenvalue weighted by Crippen LogP contribution is 2.33. The first kappa shape index (κ1) is 12.9. The van der Waals surface area contributed by atoms with Crippen molar-refractivity contribution >= 4 is 11.6 Å². The van der Waals surface area contributed by atoms with Crippen molar-refractivity contribution in [1.29, 1.82) is 0 Å². The van der Waals surface area contributed by atoms with Gasteiger partial charge in [-0.05, 0) is 37.1 Å². The Balaban J connectivity index is 2.43. The lowest BCUT2D eigenvalue weighted by molar-refractivity contribution is 0.469. The van der Waals surface area contributed by atoms with Gasteiger partial charge in [-0.15, -0.1) is 0 Å². The van der Waals surface area contributed by atoms with Crippen LogP contribution in [0.5, 0.6) is 11.5 Å². The van der Waals surface area contributed by atoms with Crippen LogP contribution in [0.3, 0.4) is 0 Å². The maximum absolute atomic E-state index is 6.12. The quantitative estimate of drug-likeness (QED) is 0.898. The van der Waals surface area contributed by atoms with Gasteiger partial charge in [0.1, 0.15) is 11.5 Å². The molecule has 0 saturated carbocycles. The summed E-state index contributed by atoms with van der Waals surface area (Å²) >= 11 is 6.12. The Bertz CT molecular complexity index is 546. The fourth-order valence-electron chi connectivity index (χ4n) is 1.90. The summed E-state index contributed by atoms with van der Waals surface area (Å²) in [6.07, 6.45) is 0. The zero-order valence-corrected chi connectivity index (χ0v) is 11.3. The second-order valence-corrected chi connectivity index (χ2v) is 4.65. The highest BCUT2D eigenvalue weighted by atomic mass is 35.5. The summed E-state index contributed by atoms with van der Waals surface area (Å²) in [4.78, 5) is 0. The largest absolute Gasteiger partial charge is 0.456 e. The molecule has 0 bridgehead atoms. The summed E-state index contributed by atoms with van der Waals surface area (Å²) in [5.41, 5.74) is 8.74. The molecule has 0 spiro atoms. The molecule has 0 fully saturated rings. The number of halogens is 1. The van der Waals surface area contributed by atoms with E-state index in [9.17, 15) is 0 Å². The number of hydrogen-bond donors (Lipinski definition) is 1. The van der Waals surface area contributed by atoms with E-state index < -0.39 is 0 Å². The minimum atomic E-state index is 0.361. The number of para-hydroxylation sites is 1. The molecule has 2 N–H and O–H groups in total. The van der Waals surface area contributed by atoms with E-state index in [1.54, 1.807) is 0 Å². The Morgan fingerprint density at radius 3 is 2.28 bits per heavy atom. The van der Waals surface area contributed by atoms with E-state index in [0.29, 0.717) is 11.6 Å². The van der Waals surface area contributed by atoms with Crippen molar-refractivity contribution < 1.29 is 4.74 Å². The highest BCUT2D eigenvalue weighted by Gasteiger charge is 2.10. The molecule has 0 atom stereocenters. The molecule has 18 heavy (non-hydrogen) atoms. The fourth-order valence-corrected chi connectivity index (χ4v) is 2.15. The lowest BCUT2D eigenvalue weighted by Gasteiger charge is -2.14. The van der Waals surface area contributed by atoms with Crippen molar-refractivity contribution in [2.24, 2.45) is 5.73 Å². The Morgan fingerprint density at radius 1 is 1.06 bits per heavy atom. The van der Waals surface area contributed by atoms with Gasteiger partial charge < -0.3 is 10.5 Å². The SMILES string of the molecule is Cc1cccc(C)c1Oc1cccc(Cl)c1CN. The molecule has 0 aliphatic heterocycles. The third-order valence-corrected chi connectivity index (χ3v) is 3.25. The molecule has 0 aliphatic rings. The van der Waals surface area contributed by atoms with Crippen LogP contribution in [0.25, 0.3) is 0 Å². The topological polar surface area (TPSA) is 35.2 Å². The second-order valence-electron chi connectivity index (χ2n) is 4.24. The van der Waals surface area contributed by atoms with Crippen LogP contribution in [0.4, 0.5) is 0 Å². The van der Waals surface area contributed by atoms with E-state index in [4.69, 9.17) is 22.1 Å². The Kier molecular flexibility index (Phi) is 3.90. The van der Waals surface area contributed by atoms with Gasteiger partial charge in [0.05, 0.1) is 0 Å². The van der Waals surface area contributed by atoms with Crippen LogP contribution >= 0.6 is 11.6 Å². The van der Waals surface area contributed by atoms with Crippen molar-refractivity contribution in [3.8, 4) is 11.5 Å². The predicted molar refractivity (Wildman–Crippen MR) is 75.3 cm³/mol. The first-order valence-electron chi connectivity index (χ1n) is 5.85. The highest BCUT2D eigenvalue weighted by molar-refractivity contribution is 6.31. The smallest absolute Gasteiger partial charge is 0.133 e. The van der Waals surface area contributed by atoms with Gasteiger partial charge in [0, 0.05) is 17.1 Å². The molecule has 94 valence electrons. The Hall–Kier alpha value is -1.51. The summed E-state index contributed by atoms with van der Waals surface area (Å²) in [5, 5.41) is 0.640. The lowest BCUT2D eigenvalue weighted by atomic mass is 10.1. The molecule has 0 unspecified atom stereocenters. The first-order valence-corrected chi connectivity index (χ1v) is 6.23. The molecule has 2 aromatic rings. The molecule has 0 amide bonds. The molecule has 0 aliphatic carbocycles. The monoisotopic (exact) mass is 261 g/mol. The third-order valence-electron chi connectivity index (χ3n) is 2.90. The summed E-state index contributed by atoms with van der Waals surface area (Å²) in [5.74, 6) is 1.59. The molecule has 2 nitrogen and oxygen atoms in total. The maximum atomic E-state index is 6.12. The Morgan fingerprint density at radius 2 is 1.67 bits per heavy atom. The van der Waals surface area contributed by atoms with Crippen molar-refractivity contribution in [3.05, 3.63) is 58.1 Å². The van der Waals surface area contributed by atoms with Crippen molar-refractivity contribution in [1.82, 2.24) is 0 Å². The molecular formula is C15H16ClNO. The van der Waals surface area contributed by atoms with E-state index >= 15 is 0 Å². The predicted octanol–water partition coefficient (Wildman–Crippen LogP) is 4.21. The minimum Gasteiger partial charge on any atom is -0.456 e. The fraction of sp³-hybridized carbons (Fsp3) is 0.200. The lowest BCUT2D eigenvalue weighted by Crippen LogP contribution is -2.01. The van der Waals surface area contributed by atoms with Crippen LogP contribution in [0.1, 0.15) is 16.7 Å². The van der Waals surface area contributed by atoms with Crippen molar-refractivity contribution in [2.45, 2.75) is 20.4 Å². The summed E-state index contributed by atoms with van der Waals surface area (Å²) in [6, 6.07) is 11.6. The van der Waals surface area contributed by atoms with Crippen LogP contribution in [-0.4, -0.2) is 0 Å². The van der Waals surface area contributed by atoms with Gasteiger partial charge >= 0.3 is 0 Å². The van der Waals surface area contributed by atoms with Crippen LogP contribution in [0.15, 0.2) is 36.4 Å². The average molecular weight is 262 g/mol. The minimum absolute atomic E-state index is 0.361. The number of hydrogen-bond acceptors (Lipinski definition) is 2. The Labute approximate surface area is 112 Å². The maximum Gasteiger partial charge on any atom is 0.133 e. The van der Waals surface area contributed by atoms with Crippen molar-refractivity contribution in [2.75, 3.05) is 0 Å². The molecule has 0 heterocycles. The molecule has 3 heteroatoms. The van der Waals surface area contributed by atoms with E-state index in [-0.39, 0.29) is 0 Å². The van der Waals surface area contributed by atoms with Gasteiger partial charge in [0.15, 0.2) is 0 Å². The molecule has 2 aromatic carbocycles. The van der Waals surface area contributed by atoms with Crippen LogP contribution in [-0.2, 0) is 6.54 Å². The van der Waals surface area contributed by atoms with Crippen molar-refractivity contribution in [3.63, 3.8) is 0 Å². The summed E-state index contributed by atoms with van der Waals surface area (Å²) in [6.45, 7) is 4.41. The van der Waals surface area contributed by atoms with Gasteiger partial charge in [-0.25, -0.2) is 0 Å². The number of ether oxygens (including phenoxy) is 1. The van der Waals surface area contributed by atoms with Crippen LogP contribution in [0, 0.1) is 13.8 Å². The zero-order valence-electron chi connectivity index (χ0n) is 10.5. The van der Waals surface area contributed by atoms with E-state index in [1.165, 1.54) is 0 Å². The number of nitrogens with two attached hydrogens (primary N) is 1. The van der Waals surface area contributed by atoms with E-state index in [0.717, 1.165) is 28.2 Å². The van der Waals surface area contributed by atoms with Gasteiger partial charge in [0.2, 0.25) is 0 Å². The van der Waals surface area contributed by atoms with Gasteiger partial charge in [-0.3, -0.25) is 0 Å². The van der Waals surface area contributed by atoms with Gasteiger partial charge in [-0.1, -0.05) is 35.9 Å². The molecule has 2 rings (SSSR count). The number of aryl methyl sites for hydroxylation is 2. The third kappa shape index (κ3) is 2.50. The number of rotatable bonds is 3. The molecule has 0 saturated heterocycles. The first-order chi connectivity index (χ1) is 8.63. The average Bonchev–Trinajstić information content (AvgIpc) is 2.34. The van der Waals surface area contributed by atoms with E-state index in [1.807, 2.05) is 50.2 Å². The van der Waals surface area contributed by atoms with Gasteiger partial charge in [-0.2, -0.15) is 0 Å². The normalized spacial score (nSPS) is 10.4. The van der Waals surface area contributed by atoms with E-state index in [2.05, 4.69) is 0 Å². The standard InChI is InChI=1S/C15H16ClNO/c1-10-5-3-6-11(2)15(10)18-14-8-4-7-13(16)12(14)9-17/h3-8H,9,17H2,1-2H3. The zero-order chi connectivity index (χ0) is 13.1. The van der Waals surface area contributed by atoms with Gasteiger partial charge in [0.25, 0.3) is 0 Å². The van der Waals surface area contributed by atoms with Crippen LogP contribution in [0.2, 0.25) is 5.02 Å². The van der Waals surface area contributed by atoms with Crippen LogP contribution < -0.4 is 10.5 Å². The summed E-state index contributed by atoms with van der Waals surface area (Å²) in [7, 11) is 0. The second kappa shape index (κ2) is 5.42. The molecule has 0 aromatic heterocycles. The molecular weight excluding hydrogens is 246 g/mol. The number of benzene rings is 2.